The minimum Gasteiger partial charge on any atom is -0.444 e. The number of piperazine rings is 1. The molecule has 2 bridgehead atoms. The molecule has 0 radical (unpaired) electrons. The SMILES string of the molecule is CC(C)(C)OC(=O)N1[C@@H]2CCC[C@H]1C(=S)NC2. The number of carbonyl (C=O) groups excluding carboxylic acids is 1. The molecule has 0 aromatic rings. The molecule has 96 valence electrons. The monoisotopic (exact) mass is 256 g/mol. The summed E-state index contributed by atoms with van der Waals surface area (Å²) in [6.07, 6.45) is 2.89. The zero-order valence-corrected chi connectivity index (χ0v) is 11.5. The van der Waals surface area contributed by atoms with E-state index in [0.717, 1.165) is 30.8 Å². The Labute approximate surface area is 108 Å². The average Bonchev–Trinajstić information content (AvgIpc) is 2.21. The molecule has 2 saturated heterocycles. The first-order chi connectivity index (χ1) is 7.88. The third kappa shape index (κ3) is 2.70. The summed E-state index contributed by atoms with van der Waals surface area (Å²) in [7, 11) is 0. The molecule has 2 fully saturated rings. The van der Waals surface area contributed by atoms with Gasteiger partial charge in [-0.2, -0.15) is 0 Å². The molecule has 2 aliphatic heterocycles. The molecule has 2 rings (SSSR count). The Morgan fingerprint density at radius 3 is 2.82 bits per heavy atom. The van der Waals surface area contributed by atoms with Crippen molar-refractivity contribution in [1.82, 2.24) is 10.2 Å². The zero-order chi connectivity index (χ0) is 12.6. The molecule has 0 saturated carbocycles. The van der Waals surface area contributed by atoms with Gasteiger partial charge in [-0.3, -0.25) is 4.90 Å². The summed E-state index contributed by atoms with van der Waals surface area (Å²) < 4.78 is 5.46. The maximum absolute atomic E-state index is 12.2. The van der Waals surface area contributed by atoms with Gasteiger partial charge in [0.2, 0.25) is 0 Å². The summed E-state index contributed by atoms with van der Waals surface area (Å²) in [5.74, 6) is 0. The van der Waals surface area contributed by atoms with E-state index >= 15 is 0 Å². The summed E-state index contributed by atoms with van der Waals surface area (Å²) in [5.41, 5.74) is -0.447. The van der Waals surface area contributed by atoms with Gasteiger partial charge in [-0.1, -0.05) is 12.2 Å². The van der Waals surface area contributed by atoms with Crippen LogP contribution in [0.2, 0.25) is 0 Å². The minimum absolute atomic E-state index is 0.0346. The second kappa shape index (κ2) is 4.44. The van der Waals surface area contributed by atoms with Crippen LogP contribution in [0, 0.1) is 0 Å². The normalized spacial score (nSPS) is 28.6. The number of hydrogen-bond donors (Lipinski definition) is 1. The van der Waals surface area contributed by atoms with Crippen molar-refractivity contribution in [2.75, 3.05) is 6.54 Å². The summed E-state index contributed by atoms with van der Waals surface area (Å²) in [6, 6.07) is 0.266. The van der Waals surface area contributed by atoms with Gasteiger partial charge in [0, 0.05) is 6.54 Å². The van der Waals surface area contributed by atoms with Gasteiger partial charge in [0.05, 0.1) is 17.1 Å². The fourth-order valence-corrected chi connectivity index (χ4v) is 2.78. The number of rotatable bonds is 0. The number of thiocarbonyl (C=S) groups is 1. The topological polar surface area (TPSA) is 41.6 Å². The standard InChI is InChI=1S/C12H20N2O2S/c1-12(2,3)16-11(15)14-8-5-4-6-9(14)10(17)13-7-8/h8-9H,4-7H2,1-3H3,(H,13,17)/t8-,9+/m1/s1. The maximum Gasteiger partial charge on any atom is 0.411 e. The van der Waals surface area contributed by atoms with Crippen LogP contribution < -0.4 is 5.32 Å². The van der Waals surface area contributed by atoms with Crippen LogP contribution in [0.25, 0.3) is 0 Å². The van der Waals surface area contributed by atoms with E-state index in [9.17, 15) is 4.79 Å². The molecule has 2 aliphatic rings. The van der Waals surface area contributed by atoms with Gasteiger partial charge in [-0.25, -0.2) is 4.79 Å². The van der Waals surface area contributed by atoms with Gasteiger partial charge in [0.1, 0.15) is 5.60 Å². The molecule has 0 unspecified atom stereocenters. The van der Waals surface area contributed by atoms with Crippen LogP contribution in [0.1, 0.15) is 40.0 Å². The van der Waals surface area contributed by atoms with Crippen molar-refractivity contribution in [3.05, 3.63) is 0 Å². The van der Waals surface area contributed by atoms with Gasteiger partial charge in [-0.05, 0) is 40.0 Å². The Morgan fingerprint density at radius 2 is 2.18 bits per heavy atom. The van der Waals surface area contributed by atoms with Crippen LogP contribution in [0.5, 0.6) is 0 Å². The first kappa shape index (κ1) is 12.6. The van der Waals surface area contributed by atoms with Gasteiger partial charge < -0.3 is 10.1 Å². The van der Waals surface area contributed by atoms with Crippen LogP contribution >= 0.6 is 12.2 Å². The molecule has 2 heterocycles. The van der Waals surface area contributed by atoms with E-state index in [1.54, 1.807) is 0 Å². The molecule has 5 heteroatoms. The van der Waals surface area contributed by atoms with Gasteiger partial charge in [0.25, 0.3) is 0 Å². The highest BCUT2D eigenvalue weighted by Crippen LogP contribution is 2.28. The van der Waals surface area contributed by atoms with Crippen LogP contribution in [-0.4, -0.2) is 40.2 Å². The number of fused-ring (bicyclic) bond motifs is 2. The third-order valence-electron chi connectivity index (χ3n) is 3.16. The first-order valence-electron chi connectivity index (χ1n) is 6.17. The lowest BCUT2D eigenvalue weighted by atomic mass is 9.93. The molecule has 1 amide bonds. The van der Waals surface area contributed by atoms with E-state index in [-0.39, 0.29) is 18.2 Å². The summed E-state index contributed by atoms with van der Waals surface area (Å²) in [4.78, 5) is 14.8. The van der Waals surface area contributed by atoms with E-state index in [1.807, 2.05) is 25.7 Å². The number of piperidine rings is 1. The second-order valence-corrected chi connectivity index (χ2v) is 6.17. The van der Waals surface area contributed by atoms with E-state index in [2.05, 4.69) is 5.32 Å². The van der Waals surface area contributed by atoms with Crippen LogP contribution in [0.15, 0.2) is 0 Å². The molecular formula is C12H20N2O2S. The summed E-state index contributed by atoms with van der Waals surface area (Å²) in [6.45, 7) is 6.43. The second-order valence-electron chi connectivity index (χ2n) is 5.73. The van der Waals surface area contributed by atoms with E-state index < -0.39 is 5.60 Å². The Hall–Kier alpha value is -0.840. The van der Waals surface area contributed by atoms with E-state index in [1.165, 1.54) is 0 Å². The van der Waals surface area contributed by atoms with Crippen LogP contribution in [0.3, 0.4) is 0 Å². The van der Waals surface area contributed by atoms with Gasteiger partial charge >= 0.3 is 6.09 Å². The lowest BCUT2D eigenvalue weighted by molar-refractivity contribution is 0.000708. The van der Waals surface area contributed by atoms with Crippen LogP contribution in [0.4, 0.5) is 4.79 Å². The minimum atomic E-state index is -0.447. The van der Waals surface area contributed by atoms with E-state index in [4.69, 9.17) is 17.0 Å². The van der Waals surface area contributed by atoms with Crippen molar-refractivity contribution in [2.45, 2.75) is 57.7 Å². The van der Waals surface area contributed by atoms with Crippen molar-refractivity contribution in [2.24, 2.45) is 0 Å². The summed E-state index contributed by atoms with van der Waals surface area (Å²) in [5, 5.41) is 3.21. The average molecular weight is 256 g/mol. The Bertz CT molecular complexity index is 338. The third-order valence-corrected chi connectivity index (χ3v) is 3.58. The van der Waals surface area contributed by atoms with Crippen molar-refractivity contribution in [3.63, 3.8) is 0 Å². The molecule has 0 aromatic carbocycles. The lowest BCUT2D eigenvalue weighted by Gasteiger charge is -2.46. The number of nitrogens with one attached hydrogen (secondary N) is 1. The highest BCUT2D eigenvalue weighted by molar-refractivity contribution is 7.80. The molecule has 0 aromatic heterocycles. The number of carbonyl (C=O) groups is 1. The molecular weight excluding hydrogens is 236 g/mol. The highest BCUT2D eigenvalue weighted by atomic mass is 32.1. The van der Waals surface area contributed by atoms with Gasteiger partial charge in [0.15, 0.2) is 0 Å². The number of amides is 1. The summed E-state index contributed by atoms with van der Waals surface area (Å²) >= 11 is 5.29. The quantitative estimate of drug-likeness (QED) is 0.674. The smallest absolute Gasteiger partial charge is 0.411 e. The fourth-order valence-electron chi connectivity index (χ4n) is 2.46. The predicted octanol–water partition coefficient (Wildman–Crippen LogP) is 2.08. The fraction of sp³-hybridized carbons (Fsp3) is 0.833. The Morgan fingerprint density at radius 1 is 1.47 bits per heavy atom. The highest BCUT2D eigenvalue weighted by Gasteiger charge is 2.41. The van der Waals surface area contributed by atoms with Gasteiger partial charge in [-0.15, -0.1) is 0 Å². The number of hydrogen-bond acceptors (Lipinski definition) is 3. The van der Waals surface area contributed by atoms with Crippen molar-refractivity contribution >= 4 is 23.3 Å². The van der Waals surface area contributed by atoms with Crippen molar-refractivity contribution in [3.8, 4) is 0 Å². The molecule has 0 aliphatic carbocycles. The van der Waals surface area contributed by atoms with E-state index in [0.29, 0.717) is 0 Å². The van der Waals surface area contributed by atoms with Crippen LogP contribution in [-0.2, 0) is 4.74 Å². The molecule has 17 heavy (non-hydrogen) atoms. The molecule has 0 spiro atoms. The molecule has 2 atom stereocenters. The largest absolute Gasteiger partial charge is 0.444 e. The maximum atomic E-state index is 12.2. The Balaban J connectivity index is 2.13. The lowest BCUT2D eigenvalue weighted by Crippen LogP contribution is -2.64. The van der Waals surface area contributed by atoms with Crippen molar-refractivity contribution < 1.29 is 9.53 Å². The zero-order valence-electron chi connectivity index (χ0n) is 10.7. The molecule has 4 nitrogen and oxygen atoms in total. The Kier molecular flexibility index (Phi) is 3.30. The van der Waals surface area contributed by atoms with Crippen molar-refractivity contribution in [1.29, 1.82) is 0 Å². The number of nitrogens with zero attached hydrogens (tertiary/aromatic N) is 1. The molecule has 1 N–H and O–H groups in total. The predicted molar refractivity (Wildman–Crippen MR) is 70.1 cm³/mol. The number of ether oxygens (including phenoxy) is 1. The first-order valence-corrected chi connectivity index (χ1v) is 6.58.